The number of sulfonamides is 1. The Hall–Kier alpha value is -1.64. The minimum atomic E-state index is -3.71. The Morgan fingerprint density at radius 1 is 1.32 bits per heavy atom. The number of methoxy groups -OCH3 is 1. The lowest BCUT2D eigenvalue weighted by Gasteiger charge is -2.22. The van der Waals surface area contributed by atoms with Gasteiger partial charge in [0.25, 0.3) is 0 Å². The van der Waals surface area contributed by atoms with Crippen LogP contribution in [-0.2, 0) is 14.8 Å². The Labute approximate surface area is 149 Å². The summed E-state index contributed by atoms with van der Waals surface area (Å²) in [6.07, 6.45) is 2.18. The molecule has 1 saturated heterocycles. The Balaban J connectivity index is 2.21. The zero-order valence-corrected chi connectivity index (χ0v) is 15.3. The molecule has 1 aliphatic rings. The van der Waals surface area contributed by atoms with Crippen LogP contribution in [0.1, 0.15) is 25.7 Å². The third kappa shape index (κ3) is 5.42. The van der Waals surface area contributed by atoms with E-state index in [1.165, 1.54) is 23.5 Å². The van der Waals surface area contributed by atoms with Crippen LogP contribution in [0, 0.1) is 5.92 Å². The molecule has 1 aromatic carbocycles. The van der Waals surface area contributed by atoms with Crippen molar-refractivity contribution in [2.45, 2.75) is 30.6 Å². The van der Waals surface area contributed by atoms with Gasteiger partial charge >= 0.3 is 0 Å². The molecule has 140 valence electrons. The molecule has 0 bridgehead atoms. The van der Waals surface area contributed by atoms with Crippen molar-refractivity contribution >= 4 is 15.9 Å². The summed E-state index contributed by atoms with van der Waals surface area (Å²) < 4.78 is 32.4. The van der Waals surface area contributed by atoms with Crippen LogP contribution in [0.5, 0.6) is 5.75 Å². The number of amides is 1. The predicted octanol–water partition coefficient (Wildman–Crippen LogP) is 0.985. The van der Waals surface area contributed by atoms with E-state index in [4.69, 9.17) is 4.74 Å². The van der Waals surface area contributed by atoms with Crippen molar-refractivity contribution in [1.29, 1.82) is 0 Å². The average Bonchev–Trinajstić information content (AvgIpc) is 2.66. The fourth-order valence-corrected chi connectivity index (χ4v) is 4.39. The van der Waals surface area contributed by atoms with E-state index in [0.717, 1.165) is 6.42 Å². The molecule has 7 nitrogen and oxygen atoms in total. The van der Waals surface area contributed by atoms with E-state index in [1.807, 2.05) is 0 Å². The van der Waals surface area contributed by atoms with Gasteiger partial charge < -0.3 is 15.2 Å². The fraction of sp³-hybridized carbons (Fsp3) is 0.588. The van der Waals surface area contributed by atoms with Crippen LogP contribution < -0.4 is 10.1 Å². The quantitative estimate of drug-likeness (QED) is 0.824. The predicted molar refractivity (Wildman–Crippen MR) is 93.8 cm³/mol. The van der Waals surface area contributed by atoms with Gasteiger partial charge in [-0.25, -0.2) is 8.42 Å². The minimum Gasteiger partial charge on any atom is -0.497 e. The number of nitrogens with one attached hydrogen (secondary N) is 1. The number of benzene rings is 1. The molecule has 8 heteroatoms. The standard InChI is InChI=1S/C17H26N2O5S/c1-24-15-5-2-6-16(12-15)25(22,23)19-10-3-4-14(13-20)7-9-18-17(21)8-11-19/h2,5-6,12,14,20H,3-4,7-11,13H2,1H3,(H,18,21). The van der Waals surface area contributed by atoms with E-state index in [1.54, 1.807) is 12.1 Å². The Kier molecular flexibility index (Phi) is 7.22. The highest BCUT2D eigenvalue weighted by atomic mass is 32.2. The molecule has 1 amide bonds. The second-order valence-electron chi connectivity index (χ2n) is 6.16. The van der Waals surface area contributed by atoms with E-state index in [2.05, 4.69) is 5.32 Å². The van der Waals surface area contributed by atoms with Crippen molar-refractivity contribution in [3.8, 4) is 5.75 Å². The van der Waals surface area contributed by atoms with Gasteiger partial charge in [0.15, 0.2) is 0 Å². The topological polar surface area (TPSA) is 95.9 Å². The van der Waals surface area contributed by atoms with Crippen LogP contribution >= 0.6 is 0 Å². The van der Waals surface area contributed by atoms with E-state index < -0.39 is 10.0 Å². The zero-order valence-electron chi connectivity index (χ0n) is 14.5. The van der Waals surface area contributed by atoms with E-state index >= 15 is 0 Å². The Bertz CT molecular complexity index is 677. The summed E-state index contributed by atoms with van der Waals surface area (Å²) >= 11 is 0. The Morgan fingerprint density at radius 2 is 2.12 bits per heavy atom. The summed E-state index contributed by atoms with van der Waals surface area (Å²) in [5.74, 6) is 0.362. The molecule has 25 heavy (non-hydrogen) atoms. The molecule has 0 radical (unpaired) electrons. The smallest absolute Gasteiger partial charge is 0.243 e. The van der Waals surface area contributed by atoms with Crippen molar-refractivity contribution in [2.75, 3.05) is 33.4 Å². The van der Waals surface area contributed by atoms with Crippen LogP contribution in [0.25, 0.3) is 0 Å². The van der Waals surface area contributed by atoms with Gasteiger partial charge in [0.2, 0.25) is 15.9 Å². The van der Waals surface area contributed by atoms with Crippen LogP contribution in [0.4, 0.5) is 0 Å². The third-order valence-corrected chi connectivity index (χ3v) is 6.31. The molecule has 0 spiro atoms. The highest BCUT2D eigenvalue weighted by Gasteiger charge is 2.26. The van der Waals surface area contributed by atoms with Gasteiger partial charge in [-0.2, -0.15) is 4.31 Å². The molecule has 0 aromatic heterocycles. The van der Waals surface area contributed by atoms with Crippen molar-refractivity contribution in [2.24, 2.45) is 5.92 Å². The summed E-state index contributed by atoms with van der Waals surface area (Å²) in [4.78, 5) is 12.1. The number of carbonyl (C=O) groups is 1. The SMILES string of the molecule is COc1cccc(S(=O)(=O)N2CCCC(CO)CCNC(=O)CC2)c1. The number of aliphatic hydroxyl groups is 1. The first kappa shape index (κ1) is 19.7. The normalized spacial score (nSPS) is 21.2. The molecular weight excluding hydrogens is 344 g/mol. The van der Waals surface area contributed by atoms with Crippen LogP contribution in [0.15, 0.2) is 29.2 Å². The van der Waals surface area contributed by atoms with Gasteiger partial charge in [0.1, 0.15) is 5.75 Å². The maximum absolute atomic E-state index is 13.0. The van der Waals surface area contributed by atoms with Crippen molar-refractivity contribution in [3.63, 3.8) is 0 Å². The molecule has 0 saturated carbocycles. The minimum absolute atomic E-state index is 0.0402. The summed E-state index contributed by atoms with van der Waals surface area (Å²) in [6, 6.07) is 6.33. The number of hydrogen-bond donors (Lipinski definition) is 2. The summed E-state index contributed by atoms with van der Waals surface area (Å²) in [5.41, 5.74) is 0. The monoisotopic (exact) mass is 370 g/mol. The number of nitrogens with zero attached hydrogens (tertiary/aromatic N) is 1. The second-order valence-corrected chi connectivity index (χ2v) is 8.10. The van der Waals surface area contributed by atoms with Crippen molar-refractivity contribution < 1.29 is 23.1 Å². The first-order valence-electron chi connectivity index (χ1n) is 8.49. The molecule has 1 heterocycles. The summed E-state index contributed by atoms with van der Waals surface area (Å²) in [5, 5.41) is 12.2. The molecule has 1 aliphatic heterocycles. The van der Waals surface area contributed by atoms with E-state index in [9.17, 15) is 18.3 Å². The lowest BCUT2D eigenvalue weighted by Crippen LogP contribution is -2.35. The molecule has 1 atom stereocenters. The van der Waals surface area contributed by atoms with Gasteiger partial charge in [-0.15, -0.1) is 0 Å². The third-order valence-electron chi connectivity index (χ3n) is 4.42. The largest absolute Gasteiger partial charge is 0.497 e. The van der Waals surface area contributed by atoms with Crippen LogP contribution in [0.2, 0.25) is 0 Å². The molecule has 1 unspecified atom stereocenters. The number of ether oxygens (including phenoxy) is 1. The molecule has 2 N–H and O–H groups in total. The summed E-state index contributed by atoms with van der Waals surface area (Å²) in [6.45, 7) is 1.00. The lowest BCUT2D eigenvalue weighted by atomic mass is 10.0. The van der Waals surface area contributed by atoms with Crippen molar-refractivity contribution in [1.82, 2.24) is 9.62 Å². The highest BCUT2D eigenvalue weighted by Crippen LogP contribution is 2.22. The fourth-order valence-electron chi connectivity index (χ4n) is 2.88. The first-order chi connectivity index (χ1) is 12.0. The number of rotatable bonds is 4. The molecule has 2 rings (SSSR count). The summed E-state index contributed by atoms with van der Waals surface area (Å²) in [7, 11) is -2.23. The Morgan fingerprint density at radius 3 is 2.84 bits per heavy atom. The molecule has 0 aliphatic carbocycles. The van der Waals surface area contributed by atoms with Crippen LogP contribution in [-0.4, -0.2) is 57.1 Å². The van der Waals surface area contributed by atoms with Gasteiger partial charge in [-0.3, -0.25) is 4.79 Å². The van der Waals surface area contributed by atoms with Gasteiger partial charge in [-0.05, 0) is 37.3 Å². The van der Waals surface area contributed by atoms with E-state index in [0.29, 0.717) is 31.7 Å². The van der Waals surface area contributed by atoms with Crippen molar-refractivity contribution in [3.05, 3.63) is 24.3 Å². The number of carbonyl (C=O) groups excluding carboxylic acids is 1. The van der Waals surface area contributed by atoms with Gasteiger partial charge in [-0.1, -0.05) is 6.07 Å². The molecular formula is C17H26N2O5S. The zero-order chi connectivity index (χ0) is 18.3. The average molecular weight is 370 g/mol. The molecule has 1 fully saturated rings. The highest BCUT2D eigenvalue weighted by molar-refractivity contribution is 7.89. The number of hydrogen-bond acceptors (Lipinski definition) is 5. The second kappa shape index (κ2) is 9.17. The maximum Gasteiger partial charge on any atom is 0.243 e. The molecule has 1 aromatic rings. The van der Waals surface area contributed by atoms with Crippen LogP contribution in [0.3, 0.4) is 0 Å². The lowest BCUT2D eigenvalue weighted by molar-refractivity contribution is -0.121. The number of aliphatic hydroxyl groups excluding tert-OH is 1. The first-order valence-corrected chi connectivity index (χ1v) is 9.93. The van der Waals surface area contributed by atoms with Gasteiger partial charge in [0.05, 0.1) is 12.0 Å². The van der Waals surface area contributed by atoms with Gasteiger partial charge in [0, 0.05) is 38.7 Å². The maximum atomic E-state index is 13.0. The van der Waals surface area contributed by atoms with E-state index in [-0.39, 0.29) is 36.3 Å².